The zero-order chi connectivity index (χ0) is 12.6. The van der Waals surface area contributed by atoms with Crippen molar-refractivity contribution in [2.24, 2.45) is 0 Å². The quantitative estimate of drug-likeness (QED) is 0.529. The molecule has 1 atom stereocenters. The molecule has 0 aromatic rings. The molecule has 1 saturated heterocycles. The van der Waals surface area contributed by atoms with Crippen LogP contribution in [0, 0.1) is 0 Å². The Morgan fingerprint density at radius 2 is 2.12 bits per heavy atom. The number of hydrogen-bond donors (Lipinski definition) is 1. The average Bonchev–Trinajstić information content (AvgIpc) is 2.49. The number of carbonyl (C=O) groups is 2. The molecule has 0 radical (unpaired) electrons. The molecule has 1 rings (SSSR count). The van der Waals surface area contributed by atoms with Gasteiger partial charge in [0.15, 0.2) is 0 Å². The molecule has 92 valence electrons. The highest BCUT2D eigenvalue weighted by molar-refractivity contribution is 7.87. The predicted octanol–water partition coefficient (Wildman–Crippen LogP) is -0.674. The lowest BCUT2D eigenvalue weighted by Gasteiger charge is -2.14. The molecule has 10 heteroatoms. The van der Waals surface area contributed by atoms with Gasteiger partial charge in [0.1, 0.15) is 12.7 Å². The third-order valence-electron chi connectivity index (χ3n) is 1.66. The van der Waals surface area contributed by atoms with Crippen molar-refractivity contribution in [2.45, 2.75) is 17.8 Å². The minimum absolute atomic E-state index is 0.424. The summed E-state index contributed by atoms with van der Waals surface area (Å²) in [6.45, 7) is -0.424. The summed E-state index contributed by atoms with van der Waals surface area (Å²) < 4.78 is 61.9. The van der Waals surface area contributed by atoms with E-state index in [9.17, 15) is 26.8 Å². The molecule has 0 bridgehead atoms. The summed E-state index contributed by atoms with van der Waals surface area (Å²) in [4.78, 5) is 21.2. The van der Waals surface area contributed by atoms with Crippen LogP contribution in [0.3, 0.4) is 0 Å². The molecule has 16 heavy (non-hydrogen) atoms. The van der Waals surface area contributed by atoms with Crippen molar-refractivity contribution in [1.29, 1.82) is 0 Å². The zero-order valence-electron chi connectivity index (χ0n) is 7.55. The van der Waals surface area contributed by atoms with Crippen molar-refractivity contribution in [3.05, 3.63) is 0 Å². The van der Waals surface area contributed by atoms with Gasteiger partial charge in [0, 0.05) is 0 Å². The maximum atomic E-state index is 12.6. The van der Waals surface area contributed by atoms with E-state index in [1.165, 1.54) is 0 Å². The van der Waals surface area contributed by atoms with Gasteiger partial charge in [-0.05, 0) is 0 Å². The highest BCUT2D eigenvalue weighted by atomic mass is 32.2. The highest BCUT2D eigenvalue weighted by Gasteiger charge is 2.55. The summed E-state index contributed by atoms with van der Waals surface area (Å²) in [5.41, 5.74) is 0. The third kappa shape index (κ3) is 2.44. The topological polar surface area (TPSA) is 107 Å². The van der Waals surface area contributed by atoms with Crippen LogP contribution >= 0.6 is 0 Å². The van der Waals surface area contributed by atoms with E-state index in [2.05, 4.69) is 9.47 Å². The molecule has 1 heterocycles. The molecule has 0 aliphatic carbocycles. The molecule has 0 amide bonds. The minimum atomic E-state index is -5.89. The fourth-order valence-electron chi connectivity index (χ4n) is 0.891. The van der Waals surface area contributed by atoms with Crippen molar-refractivity contribution in [2.75, 3.05) is 6.61 Å². The number of hydrogen-bond acceptors (Lipinski definition) is 6. The molecule has 0 aromatic carbocycles. The SMILES string of the molecule is O=C1CC(OC(=O)C(F)(F)S(=O)(=O)O)CO1. The first kappa shape index (κ1) is 12.8. The van der Waals surface area contributed by atoms with Crippen LogP contribution in [0.15, 0.2) is 0 Å². The lowest BCUT2D eigenvalue weighted by Crippen LogP contribution is -2.40. The third-order valence-corrected chi connectivity index (χ3v) is 2.47. The van der Waals surface area contributed by atoms with Crippen LogP contribution in [0.25, 0.3) is 0 Å². The number of esters is 2. The van der Waals surface area contributed by atoms with Gasteiger partial charge in [0.25, 0.3) is 0 Å². The Morgan fingerprint density at radius 1 is 1.56 bits per heavy atom. The molecule has 7 nitrogen and oxygen atoms in total. The molecule has 1 aliphatic heterocycles. The number of rotatable bonds is 3. The van der Waals surface area contributed by atoms with Gasteiger partial charge < -0.3 is 9.47 Å². The summed E-state index contributed by atoms with van der Waals surface area (Å²) in [7, 11) is -5.89. The predicted molar refractivity (Wildman–Crippen MR) is 42.0 cm³/mol. The van der Waals surface area contributed by atoms with Crippen molar-refractivity contribution >= 4 is 22.1 Å². The second-order valence-electron chi connectivity index (χ2n) is 2.91. The van der Waals surface area contributed by atoms with Gasteiger partial charge in [-0.1, -0.05) is 0 Å². The largest absolute Gasteiger partial charge is 0.465 e. The maximum Gasteiger partial charge on any atom is 0.465 e. The average molecular weight is 260 g/mol. The maximum absolute atomic E-state index is 12.6. The second kappa shape index (κ2) is 3.94. The van der Waals surface area contributed by atoms with E-state index >= 15 is 0 Å². The summed E-state index contributed by atoms with van der Waals surface area (Å²) in [6.07, 6.45) is -1.71. The van der Waals surface area contributed by atoms with E-state index in [0.717, 1.165) is 0 Å². The van der Waals surface area contributed by atoms with E-state index < -0.39 is 46.4 Å². The van der Waals surface area contributed by atoms with Gasteiger partial charge in [-0.25, -0.2) is 4.79 Å². The van der Waals surface area contributed by atoms with Crippen LogP contribution < -0.4 is 0 Å². The summed E-state index contributed by atoms with van der Waals surface area (Å²) in [6, 6.07) is 0. The molecule has 1 fully saturated rings. The Hall–Kier alpha value is -1.29. The van der Waals surface area contributed by atoms with Crippen molar-refractivity contribution in [3.63, 3.8) is 0 Å². The molecule has 1 unspecified atom stereocenters. The lowest BCUT2D eigenvalue weighted by molar-refractivity contribution is -0.167. The zero-order valence-corrected chi connectivity index (χ0v) is 8.37. The Kier molecular flexibility index (Phi) is 3.15. The van der Waals surface area contributed by atoms with Gasteiger partial charge in [0.05, 0.1) is 6.42 Å². The van der Waals surface area contributed by atoms with Crippen LogP contribution in [0.1, 0.15) is 6.42 Å². The van der Waals surface area contributed by atoms with Gasteiger partial charge in [0.2, 0.25) is 0 Å². The molecular formula is C6H6F2O7S. The summed E-state index contributed by atoms with van der Waals surface area (Å²) >= 11 is 0. The van der Waals surface area contributed by atoms with Crippen molar-refractivity contribution < 1.29 is 40.8 Å². The number of carbonyl (C=O) groups excluding carboxylic acids is 2. The Labute approximate surface area is 88.1 Å². The first-order valence-corrected chi connectivity index (χ1v) is 5.30. The van der Waals surface area contributed by atoms with Crippen LogP contribution in [-0.2, 0) is 29.2 Å². The van der Waals surface area contributed by atoms with E-state index in [1.54, 1.807) is 0 Å². The van der Waals surface area contributed by atoms with Gasteiger partial charge in [-0.3, -0.25) is 9.35 Å². The molecule has 0 saturated carbocycles. The van der Waals surface area contributed by atoms with Gasteiger partial charge >= 0.3 is 27.3 Å². The minimum Gasteiger partial charge on any atom is -0.462 e. The van der Waals surface area contributed by atoms with Crippen LogP contribution in [0.4, 0.5) is 8.78 Å². The van der Waals surface area contributed by atoms with E-state index in [4.69, 9.17) is 4.55 Å². The van der Waals surface area contributed by atoms with E-state index in [-0.39, 0.29) is 0 Å². The van der Waals surface area contributed by atoms with Gasteiger partial charge in [-0.15, -0.1) is 0 Å². The van der Waals surface area contributed by atoms with E-state index in [0.29, 0.717) is 0 Å². The molecule has 1 aliphatic rings. The lowest BCUT2D eigenvalue weighted by atomic mass is 10.3. The molecule has 0 spiro atoms. The van der Waals surface area contributed by atoms with E-state index in [1.807, 2.05) is 0 Å². The molecule has 0 aromatic heterocycles. The monoisotopic (exact) mass is 260 g/mol. The van der Waals surface area contributed by atoms with Gasteiger partial charge in [-0.2, -0.15) is 17.2 Å². The van der Waals surface area contributed by atoms with Crippen LogP contribution in [-0.4, -0.2) is 42.9 Å². The first-order valence-electron chi connectivity index (χ1n) is 3.86. The number of ether oxygens (including phenoxy) is 2. The normalized spacial score (nSPS) is 21.7. The highest BCUT2D eigenvalue weighted by Crippen LogP contribution is 2.24. The van der Waals surface area contributed by atoms with Crippen LogP contribution in [0.2, 0.25) is 0 Å². The number of alkyl halides is 2. The molecule has 1 N–H and O–H groups in total. The standard InChI is InChI=1S/C6H6F2O7S/c7-6(8,16(11,12)13)5(10)15-3-1-4(9)14-2-3/h3H,1-2H2,(H,11,12,13). The van der Waals surface area contributed by atoms with Crippen LogP contribution in [0.5, 0.6) is 0 Å². The molecular weight excluding hydrogens is 254 g/mol. The number of cyclic esters (lactones) is 1. The Bertz CT molecular complexity index is 415. The Morgan fingerprint density at radius 3 is 2.50 bits per heavy atom. The smallest absolute Gasteiger partial charge is 0.462 e. The summed E-state index contributed by atoms with van der Waals surface area (Å²) in [5, 5.41) is -5.06. The first-order chi connectivity index (χ1) is 7.14. The van der Waals surface area contributed by atoms with Crippen molar-refractivity contribution in [3.8, 4) is 0 Å². The second-order valence-corrected chi connectivity index (χ2v) is 4.37. The fourth-order valence-corrected chi connectivity index (χ4v) is 1.15. The fraction of sp³-hybridized carbons (Fsp3) is 0.667. The van der Waals surface area contributed by atoms with Crippen molar-refractivity contribution in [1.82, 2.24) is 0 Å². The Balaban J connectivity index is 2.69. The number of halogens is 2. The summed E-state index contributed by atoms with van der Waals surface area (Å²) in [5.74, 6) is -3.20.